The molecule has 0 amide bonds. The van der Waals surface area contributed by atoms with Gasteiger partial charge >= 0.3 is 0 Å². The van der Waals surface area contributed by atoms with E-state index in [1.807, 2.05) is 42.5 Å². The summed E-state index contributed by atoms with van der Waals surface area (Å²) in [5, 5.41) is 8.04. The lowest BCUT2D eigenvalue weighted by Crippen LogP contribution is -2.46. The number of aromatic nitrogens is 2. The van der Waals surface area contributed by atoms with Gasteiger partial charge in [-0.25, -0.2) is 0 Å². The first-order chi connectivity index (χ1) is 14.3. The van der Waals surface area contributed by atoms with Crippen LogP contribution in [0.25, 0.3) is 11.5 Å². The van der Waals surface area contributed by atoms with Crippen molar-refractivity contribution in [3.8, 4) is 11.5 Å². The van der Waals surface area contributed by atoms with Crippen molar-refractivity contribution in [1.29, 1.82) is 0 Å². The zero-order chi connectivity index (χ0) is 19.9. The van der Waals surface area contributed by atoms with Crippen molar-refractivity contribution in [1.82, 2.24) is 15.0 Å². The first-order valence-corrected chi connectivity index (χ1v) is 10.5. The van der Waals surface area contributed by atoms with E-state index in [1.54, 1.807) is 0 Å². The van der Waals surface area contributed by atoms with Gasteiger partial charge in [-0.05, 0) is 60.9 Å². The molecule has 8 heteroatoms. The Hall–Kier alpha value is -2.28. The minimum Gasteiger partial charge on any atom is -0.369 e. The van der Waals surface area contributed by atoms with Crippen LogP contribution in [0.3, 0.4) is 0 Å². The highest BCUT2D eigenvalue weighted by molar-refractivity contribution is 6.30. The van der Waals surface area contributed by atoms with Crippen molar-refractivity contribution in [2.24, 2.45) is 0 Å². The van der Waals surface area contributed by atoms with Gasteiger partial charge in [0.05, 0.1) is 0 Å². The molecule has 1 saturated heterocycles. The number of rotatable bonds is 8. The number of hydrogen-bond acceptors (Lipinski definition) is 6. The van der Waals surface area contributed by atoms with Crippen molar-refractivity contribution in [2.75, 3.05) is 49.5 Å². The van der Waals surface area contributed by atoms with Crippen LogP contribution in [0.4, 0.5) is 11.6 Å². The second-order valence-corrected chi connectivity index (χ2v) is 7.66. The van der Waals surface area contributed by atoms with Crippen molar-refractivity contribution in [3.05, 3.63) is 59.6 Å². The SMILES string of the molecule is Cl.Clc1ccc(N2CCN(CCCCNc3noc(-c4ccccc4)n3)CC2)cc1. The summed E-state index contributed by atoms with van der Waals surface area (Å²) < 4.78 is 5.31. The molecule has 30 heavy (non-hydrogen) atoms. The number of halogens is 2. The van der Waals surface area contributed by atoms with E-state index in [1.165, 1.54) is 5.69 Å². The molecular weight excluding hydrogens is 421 g/mol. The maximum absolute atomic E-state index is 5.98. The number of hydrogen-bond donors (Lipinski definition) is 1. The largest absolute Gasteiger partial charge is 0.369 e. The predicted octanol–water partition coefficient (Wildman–Crippen LogP) is 4.83. The molecule has 2 heterocycles. The molecule has 1 aliphatic rings. The van der Waals surface area contributed by atoms with Gasteiger partial charge in [-0.1, -0.05) is 29.8 Å². The van der Waals surface area contributed by atoms with Crippen molar-refractivity contribution < 1.29 is 4.52 Å². The van der Waals surface area contributed by atoms with Crippen LogP contribution in [0.5, 0.6) is 0 Å². The van der Waals surface area contributed by atoms with Crippen molar-refractivity contribution in [3.63, 3.8) is 0 Å². The lowest BCUT2D eigenvalue weighted by atomic mass is 10.2. The minimum absolute atomic E-state index is 0. The van der Waals surface area contributed by atoms with Gasteiger partial charge in [-0.3, -0.25) is 4.90 Å². The summed E-state index contributed by atoms with van der Waals surface area (Å²) in [6, 6.07) is 17.9. The lowest BCUT2D eigenvalue weighted by Gasteiger charge is -2.36. The summed E-state index contributed by atoms with van der Waals surface area (Å²) in [5.74, 6) is 1.10. The molecule has 1 fully saturated rings. The fraction of sp³-hybridized carbons (Fsp3) is 0.364. The van der Waals surface area contributed by atoms with E-state index in [9.17, 15) is 0 Å². The summed E-state index contributed by atoms with van der Waals surface area (Å²) in [5.41, 5.74) is 2.19. The van der Waals surface area contributed by atoms with Gasteiger partial charge < -0.3 is 14.7 Å². The Labute approximate surface area is 188 Å². The third-order valence-corrected chi connectivity index (χ3v) is 5.45. The van der Waals surface area contributed by atoms with Gasteiger partial charge in [0.15, 0.2) is 0 Å². The molecule has 0 atom stereocenters. The second-order valence-electron chi connectivity index (χ2n) is 7.23. The first kappa shape index (κ1) is 22.4. The summed E-state index contributed by atoms with van der Waals surface area (Å²) >= 11 is 5.98. The monoisotopic (exact) mass is 447 g/mol. The Balaban J connectivity index is 0.00000256. The number of anilines is 2. The molecule has 0 radical (unpaired) electrons. The highest BCUT2D eigenvalue weighted by Crippen LogP contribution is 2.20. The van der Waals surface area contributed by atoms with Gasteiger partial charge in [-0.15, -0.1) is 12.4 Å². The van der Waals surface area contributed by atoms with Gasteiger partial charge in [0, 0.05) is 49.0 Å². The zero-order valence-corrected chi connectivity index (χ0v) is 18.4. The van der Waals surface area contributed by atoms with E-state index in [0.717, 1.165) is 62.7 Å². The van der Waals surface area contributed by atoms with Crippen LogP contribution in [-0.4, -0.2) is 54.3 Å². The van der Waals surface area contributed by atoms with Crippen LogP contribution in [0.15, 0.2) is 59.1 Å². The number of nitrogens with zero attached hydrogens (tertiary/aromatic N) is 4. The molecule has 1 N–H and O–H groups in total. The van der Waals surface area contributed by atoms with E-state index in [4.69, 9.17) is 16.1 Å². The Morgan fingerprint density at radius 3 is 2.40 bits per heavy atom. The second kappa shape index (κ2) is 11.2. The molecule has 1 aromatic heterocycles. The molecule has 0 unspecified atom stereocenters. The average Bonchev–Trinajstić information content (AvgIpc) is 3.24. The molecular formula is C22H27Cl2N5O. The Morgan fingerprint density at radius 2 is 1.67 bits per heavy atom. The maximum Gasteiger partial charge on any atom is 0.263 e. The van der Waals surface area contributed by atoms with Crippen molar-refractivity contribution >= 4 is 35.6 Å². The average molecular weight is 448 g/mol. The molecule has 0 aliphatic carbocycles. The van der Waals surface area contributed by atoms with Crippen LogP contribution in [0, 0.1) is 0 Å². The topological polar surface area (TPSA) is 57.4 Å². The maximum atomic E-state index is 5.98. The first-order valence-electron chi connectivity index (χ1n) is 10.1. The van der Waals surface area contributed by atoms with E-state index < -0.39 is 0 Å². The summed E-state index contributed by atoms with van der Waals surface area (Å²) in [6.45, 7) is 6.29. The molecule has 1 aliphatic heterocycles. The van der Waals surface area contributed by atoms with Crippen LogP contribution in [0.1, 0.15) is 12.8 Å². The Morgan fingerprint density at radius 1 is 0.933 bits per heavy atom. The minimum atomic E-state index is 0. The summed E-state index contributed by atoms with van der Waals surface area (Å²) in [6.07, 6.45) is 2.23. The van der Waals surface area contributed by atoms with E-state index >= 15 is 0 Å². The molecule has 0 bridgehead atoms. The molecule has 6 nitrogen and oxygen atoms in total. The van der Waals surface area contributed by atoms with E-state index in [-0.39, 0.29) is 12.4 Å². The van der Waals surface area contributed by atoms with Crippen LogP contribution >= 0.6 is 24.0 Å². The van der Waals surface area contributed by atoms with Gasteiger partial charge in [0.2, 0.25) is 0 Å². The zero-order valence-electron chi connectivity index (χ0n) is 16.8. The predicted molar refractivity (Wildman–Crippen MR) is 125 cm³/mol. The molecule has 4 rings (SSSR count). The number of unbranched alkanes of at least 4 members (excludes halogenated alkanes) is 1. The highest BCUT2D eigenvalue weighted by Gasteiger charge is 2.16. The molecule has 3 aromatic rings. The Bertz CT molecular complexity index is 880. The van der Waals surface area contributed by atoms with E-state index in [2.05, 4.69) is 37.4 Å². The standard InChI is InChI=1S/C22H26ClN5O.ClH/c23-19-8-10-20(11-9-19)28-16-14-27(15-17-28)13-5-4-12-24-22-25-21(29-26-22)18-6-2-1-3-7-18;/h1-3,6-11H,4-5,12-17H2,(H,24,26);1H. The normalized spacial score (nSPS) is 14.4. The fourth-order valence-corrected chi connectivity index (χ4v) is 3.66. The van der Waals surface area contributed by atoms with Crippen LogP contribution in [0.2, 0.25) is 5.02 Å². The molecule has 2 aromatic carbocycles. The van der Waals surface area contributed by atoms with Crippen molar-refractivity contribution in [2.45, 2.75) is 12.8 Å². The van der Waals surface area contributed by atoms with Crippen LogP contribution < -0.4 is 10.2 Å². The number of piperazine rings is 1. The van der Waals surface area contributed by atoms with Crippen LogP contribution in [-0.2, 0) is 0 Å². The molecule has 0 spiro atoms. The molecule has 0 saturated carbocycles. The summed E-state index contributed by atoms with van der Waals surface area (Å²) in [7, 11) is 0. The molecule has 160 valence electrons. The smallest absolute Gasteiger partial charge is 0.263 e. The number of nitrogens with one attached hydrogen (secondary N) is 1. The highest BCUT2D eigenvalue weighted by atomic mass is 35.5. The van der Waals surface area contributed by atoms with Gasteiger partial charge in [0.25, 0.3) is 11.8 Å². The van der Waals surface area contributed by atoms with Gasteiger partial charge in [-0.2, -0.15) is 4.98 Å². The Kier molecular flexibility index (Phi) is 8.37. The van der Waals surface area contributed by atoms with E-state index in [0.29, 0.717) is 11.8 Å². The fourth-order valence-electron chi connectivity index (χ4n) is 3.54. The number of benzene rings is 2. The van der Waals surface area contributed by atoms with Gasteiger partial charge in [0.1, 0.15) is 0 Å². The third kappa shape index (κ3) is 6.11. The lowest BCUT2D eigenvalue weighted by molar-refractivity contribution is 0.254. The third-order valence-electron chi connectivity index (χ3n) is 5.20. The summed E-state index contributed by atoms with van der Waals surface area (Å²) in [4.78, 5) is 9.36. The quantitative estimate of drug-likeness (QED) is 0.499.